The van der Waals surface area contributed by atoms with E-state index in [2.05, 4.69) is 15.1 Å². The fraction of sp³-hybridized carbons (Fsp3) is 0.286. The summed E-state index contributed by atoms with van der Waals surface area (Å²) in [5, 5.41) is 5.15. The van der Waals surface area contributed by atoms with Crippen LogP contribution in [0, 0.1) is 6.92 Å². The maximum atomic E-state index is 13.1. The number of hydrogen-bond acceptors (Lipinski definition) is 7. The first-order valence-electron chi connectivity index (χ1n) is 9.87. The fourth-order valence-electron chi connectivity index (χ4n) is 3.72. The minimum atomic E-state index is -0.241. The second kappa shape index (κ2) is 7.90. The van der Waals surface area contributed by atoms with Crippen molar-refractivity contribution in [2.24, 2.45) is 0 Å². The summed E-state index contributed by atoms with van der Waals surface area (Å²) >= 11 is 7.26. The first kappa shape index (κ1) is 19.9. The number of rotatable bonds is 4. The van der Waals surface area contributed by atoms with Crippen molar-refractivity contribution in [3.05, 3.63) is 51.5 Å². The van der Waals surface area contributed by atoms with Crippen LogP contribution in [0.3, 0.4) is 0 Å². The number of benzene rings is 1. The molecule has 4 heterocycles. The minimum Gasteiger partial charge on any atom is -0.341 e. The third kappa shape index (κ3) is 3.64. The molecule has 10 heteroatoms. The van der Waals surface area contributed by atoms with Crippen LogP contribution in [0.5, 0.6) is 0 Å². The van der Waals surface area contributed by atoms with Crippen LogP contribution in [0.25, 0.3) is 32.4 Å². The topological polar surface area (TPSA) is 94.1 Å². The van der Waals surface area contributed by atoms with Crippen LogP contribution in [0.1, 0.15) is 18.4 Å². The van der Waals surface area contributed by atoms with Crippen molar-refractivity contribution in [2.75, 3.05) is 13.1 Å². The standard InChI is InChI=1S/C21H18ClN5O3S/c1-12-16-20(23-11-27(21(16)29)10-15(28)26-8-2-3-9-26)31-17(12)19-24-18(25-30-19)13-4-6-14(22)7-5-13/h4-7,11H,2-3,8-10H2,1H3. The van der Waals surface area contributed by atoms with Gasteiger partial charge in [-0.05, 0) is 49.6 Å². The second-order valence-electron chi connectivity index (χ2n) is 7.43. The molecule has 0 spiro atoms. The van der Waals surface area contributed by atoms with Crippen molar-refractivity contribution < 1.29 is 9.32 Å². The van der Waals surface area contributed by atoms with Gasteiger partial charge in [-0.25, -0.2) is 4.98 Å². The lowest BCUT2D eigenvalue weighted by molar-refractivity contribution is -0.130. The molecule has 5 rings (SSSR count). The van der Waals surface area contributed by atoms with E-state index in [-0.39, 0.29) is 18.0 Å². The van der Waals surface area contributed by atoms with Gasteiger partial charge in [0.2, 0.25) is 11.7 Å². The second-order valence-corrected chi connectivity index (χ2v) is 8.87. The summed E-state index contributed by atoms with van der Waals surface area (Å²) in [6.45, 7) is 3.32. The maximum Gasteiger partial charge on any atom is 0.268 e. The van der Waals surface area contributed by atoms with E-state index in [0.29, 0.717) is 37.4 Å². The molecule has 0 N–H and O–H groups in total. The van der Waals surface area contributed by atoms with Crippen LogP contribution in [0.2, 0.25) is 5.02 Å². The molecule has 158 valence electrons. The largest absolute Gasteiger partial charge is 0.341 e. The first-order valence-corrected chi connectivity index (χ1v) is 11.1. The van der Waals surface area contributed by atoms with Crippen molar-refractivity contribution in [3.8, 4) is 22.2 Å². The van der Waals surface area contributed by atoms with Gasteiger partial charge in [-0.15, -0.1) is 11.3 Å². The molecule has 0 unspecified atom stereocenters. The van der Waals surface area contributed by atoms with E-state index in [0.717, 1.165) is 31.5 Å². The molecule has 0 aliphatic carbocycles. The highest BCUT2D eigenvalue weighted by molar-refractivity contribution is 7.22. The Balaban J connectivity index is 1.49. The van der Waals surface area contributed by atoms with Gasteiger partial charge in [0.25, 0.3) is 11.4 Å². The number of carbonyl (C=O) groups is 1. The lowest BCUT2D eigenvalue weighted by Crippen LogP contribution is -2.34. The zero-order valence-corrected chi connectivity index (χ0v) is 18.2. The molecule has 8 nitrogen and oxygen atoms in total. The molecule has 0 bridgehead atoms. The van der Waals surface area contributed by atoms with Gasteiger partial charge in [-0.3, -0.25) is 14.2 Å². The van der Waals surface area contributed by atoms with Crippen LogP contribution >= 0.6 is 22.9 Å². The number of likely N-dealkylation sites (tertiary alicyclic amines) is 1. The van der Waals surface area contributed by atoms with Crippen LogP contribution in [0.4, 0.5) is 0 Å². The number of thiophene rings is 1. The molecule has 0 saturated carbocycles. The summed E-state index contributed by atoms with van der Waals surface area (Å²) in [5.41, 5.74) is 1.25. The number of amides is 1. The van der Waals surface area contributed by atoms with Crippen LogP contribution in [-0.4, -0.2) is 43.6 Å². The smallest absolute Gasteiger partial charge is 0.268 e. The lowest BCUT2D eigenvalue weighted by Gasteiger charge is -2.15. The summed E-state index contributed by atoms with van der Waals surface area (Å²) in [4.78, 5) is 37.5. The molecule has 0 atom stereocenters. The SMILES string of the molecule is Cc1c(-c2nc(-c3ccc(Cl)cc3)no2)sc2ncn(CC(=O)N3CCCC3)c(=O)c12. The Hall–Kier alpha value is -3.04. The van der Waals surface area contributed by atoms with E-state index in [4.69, 9.17) is 16.1 Å². The summed E-state index contributed by atoms with van der Waals surface area (Å²) in [6, 6.07) is 7.14. The Labute approximate surface area is 186 Å². The van der Waals surface area contributed by atoms with Crippen molar-refractivity contribution >= 4 is 39.1 Å². The van der Waals surface area contributed by atoms with Gasteiger partial charge in [-0.1, -0.05) is 16.8 Å². The Morgan fingerprint density at radius 2 is 1.97 bits per heavy atom. The third-order valence-corrected chi connectivity index (χ3v) is 6.84. The monoisotopic (exact) mass is 455 g/mol. The molecule has 3 aromatic heterocycles. The zero-order valence-electron chi connectivity index (χ0n) is 16.7. The number of carbonyl (C=O) groups excluding carboxylic acids is 1. The van der Waals surface area contributed by atoms with Crippen LogP contribution in [-0.2, 0) is 11.3 Å². The number of fused-ring (bicyclic) bond motifs is 1. The van der Waals surface area contributed by atoms with Gasteiger partial charge in [0.15, 0.2) is 0 Å². The summed E-state index contributed by atoms with van der Waals surface area (Å²) in [7, 11) is 0. The van der Waals surface area contributed by atoms with Crippen LogP contribution in [0.15, 0.2) is 39.9 Å². The summed E-state index contributed by atoms with van der Waals surface area (Å²) < 4.78 is 6.84. The summed E-state index contributed by atoms with van der Waals surface area (Å²) in [6.07, 6.45) is 3.45. The van der Waals surface area contributed by atoms with Gasteiger partial charge >= 0.3 is 0 Å². The lowest BCUT2D eigenvalue weighted by atomic mass is 10.2. The molecule has 1 saturated heterocycles. The molecular formula is C21H18ClN5O3S. The van der Waals surface area contributed by atoms with E-state index in [1.165, 1.54) is 22.2 Å². The Kier molecular flexibility index (Phi) is 5.07. The van der Waals surface area contributed by atoms with Crippen molar-refractivity contribution in [3.63, 3.8) is 0 Å². The highest BCUT2D eigenvalue weighted by Gasteiger charge is 2.23. The molecule has 1 amide bonds. The Bertz CT molecular complexity index is 1340. The molecule has 0 radical (unpaired) electrons. The van der Waals surface area contributed by atoms with Gasteiger partial charge in [-0.2, -0.15) is 4.98 Å². The van der Waals surface area contributed by atoms with E-state index < -0.39 is 0 Å². The molecule has 4 aromatic rings. The average molecular weight is 456 g/mol. The first-order chi connectivity index (χ1) is 15.0. The Morgan fingerprint density at radius 1 is 1.23 bits per heavy atom. The van der Waals surface area contributed by atoms with Crippen molar-refractivity contribution in [1.82, 2.24) is 24.6 Å². The normalized spacial score (nSPS) is 13.9. The molecule has 1 aromatic carbocycles. The zero-order chi connectivity index (χ0) is 21.5. The molecule has 1 aliphatic heterocycles. The van der Waals surface area contributed by atoms with E-state index in [1.54, 1.807) is 17.0 Å². The predicted molar refractivity (Wildman–Crippen MR) is 118 cm³/mol. The molecule has 31 heavy (non-hydrogen) atoms. The van der Waals surface area contributed by atoms with E-state index in [1.807, 2.05) is 19.1 Å². The van der Waals surface area contributed by atoms with Gasteiger partial charge in [0.05, 0.1) is 16.6 Å². The maximum absolute atomic E-state index is 13.1. The van der Waals surface area contributed by atoms with Gasteiger partial charge < -0.3 is 9.42 Å². The number of nitrogens with zero attached hydrogens (tertiary/aromatic N) is 5. The summed E-state index contributed by atoms with van der Waals surface area (Å²) in [5.74, 6) is 0.702. The molecular weight excluding hydrogens is 438 g/mol. The fourth-order valence-corrected chi connectivity index (χ4v) is 4.91. The average Bonchev–Trinajstić information content (AvgIpc) is 3.51. The van der Waals surface area contributed by atoms with Gasteiger partial charge in [0.1, 0.15) is 11.4 Å². The number of aromatic nitrogens is 4. The van der Waals surface area contributed by atoms with E-state index in [9.17, 15) is 9.59 Å². The third-order valence-electron chi connectivity index (χ3n) is 5.40. The Morgan fingerprint density at radius 3 is 2.71 bits per heavy atom. The highest BCUT2D eigenvalue weighted by Crippen LogP contribution is 2.35. The number of hydrogen-bond donors (Lipinski definition) is 0. The molecule has 1 aliphatic rings. The minimum absolute atomic E-state index is 0.00628. The van der Waals surface area contributed by atoms with Crippen molar-refractivity contribution in [1.29, 1.82) is 0 Å². The predicted octanol–water partition coefficient (Wildman–Crippen LogP) is 3.76. The highest BCUT2D eigenvalue weighted by atomic mass is 35.5. The molecule has 1 fully saturated rings. The van der Waals surface area contributed by atoms with Gasteiger partial charge in [0, 0.05) is 23.7 Å². The van der Waals surface area contributed by atoms with Crippen molar-refractivity contribution in [2.45, 2.75) is 26.3 Å². The number of halogens is 1. The quantitative estimate of drug-likeness (QED) is 0.465. The van der Waals surface area contributed by atoms with E-state index >= 15 is 0 Å². The van der Waals surface area contributed by atoms with Crippen LogP contribution < -0.4 is 5.56 Å². The number of aryl methyl sites for hydroxylation is 1.